The van der Waals surface area contributed by atoms with Gasteiger partial charge in [0.2, 0.25) is 0 Å². The molecule has 1 aliphatic carbocycles. The SMILES string of the molecule is NNC(=O)c1nc(CSCC2CCCC2)cs1. The number of nitrogens with zero attached hydrogens (tertiary/aromatic N) is 1. The summed E-state index contributed by atoms with van der Waals surface area (Å²) in [5, 5.41) is 2.38. The van der Waals surface area contributed by atoms with Crippen LogP contribution in [0.2, 0.25) is 0 Å². The minimum Gasteiger partial charge on any atom is -0.288 e. The third kappa shape index (κ3) is 3.69. The molecule has 0 radical (unpaired) electrons. The lowest BCUT2D eigenvalue weighted by Crippen LogP contribution is -2.29. The van der Waals surface area contributed by atoms with E-state index in [0.29, 0.717) is 5.01 Å². The van der Waals surface area contributed by atoms with Gasteiger partial charge in [-0.2, -0.15) is 11.8 Å². The average Bonchev–Trinajstić information content (AvgIpc) is 2.99. The molecule has 1 aliphatic rings. The van der Waals surface area contributed by atoms with Crippen molar-refractivity contribution >= 4 is 29.0 Å². The maximum Gasteiger partial charge on any atom is 0.294 e. The zero-order valence-electron chi connectivity index (χ0n) is 9.65. The molecule has 1 aromatic heterocycles. The monoisotopic (exact) mass is 271 g/mol. The van der Waals surface area contributed by atoms with E-state index in [0.717, 1.165) is 17.4 Å². The minimum absolute atomic E-state index is 0.304. The number of rotatable bonds is 5. The standard InChI is InChI=1S/C11H17N3OS2/c12-14-10(15)11-13-9(7-17-11)6-16-5-8-3-1-2-4-8/h7-8H,1-6,12H2,(H,14,15). The highest BCUT2D eigenvalue weighted by molar-refractivity contribution is 7.98. The Morgan fingerprint density at radius 3 is 3.06 bits per heavy atom. The van der Waals surface area contributed by atoms with Gasteiger partial charge in [0.15, 0.2) is 5.01 Å². The van der Waals surface area contributed by atoms with Gasteiger partial charge in [0.25, 0.3) is 5.91 Å². The highest BCUT2D eigenvalue weighted by Gasteiger charge is 2.15. The Hall–Kier alpha value is -0.590. The number of hydrogen-bond acceptors (Lipinski definition) is 5. The van der Waals surface area contributed by atoms with Gasteiger partial charge in [-0.15, -0.1) is 11.3 Å². The highest BCUT2D eigenvalue weighted by atomic mass is 32.2. The van der Waals surface area contributed by atoms with Gasteiger partial charge in [-0.1, -0.05) is 12.8 Å². The van der Waals surface area contributed by atoms with Gasteiger partial charge in [0.1, 0.15) is 0 Å². The summed E-state index contributed by atoms with van der Waals surface area (Å²) in [5.41, 5.74) is 3.08. The lowest BCUT2D eigenvalue weighted by molar-refractivity contribution is 0.0953. The van der Waals surface area contributed by atoms with Crippen LogP contribution >= 0.6 is 23.1 Å². The number of hydrazine groups is 1. The first-order valence-electron chi connectivity index (χ1n) is 5.82. The lowest BCUT2D eigenvalue weighted by Gasteiger charge is -2.06. The van der Waals surface area contributed by atoms with Crippen molar-refractivity contribution in [3.63, 3.8) is 0 Å². The maximum absolute atomic E-state index is 11.2. The van der Waals surface area contributed by atoms with Crippen molar-refractivity contribution < 1.29 is 4.79 Å². The predicted octanol–water partition coefficient (Wildman–Crippen LogP) is 2.17. The van der Waals surface area contributed by atoms with Crippen LogP contribution in [0.3, 0.4) is 0 Å². The summed E-state index contributed by atoms with van der Waals surface area (Å²) in [5.74, 6) is 7.76. The van der Waals surface area contributed by atoms with Crippen LogP contribution in [0.25, 0.3) is 0 Å². The topological polar surface area (TPSA) is 68.0 Å². The maximum atomic E-state index is 11.2. The molecular formula is C11H17N3OS2. The number of nitrogen functional groups attached to an aromatic ring is 1. The highest BCUT2D eigenvalue weighted by Crippen LogP contribution is 2.29. The second-order valence-electron chi connectivity index (χ2n) is 4.28. The number of nitrogens with two attached hydrogens (primary N) is 1. The van der Waals surface area contributed by atoms with Crippen molar-refractivity contribution in [2.24, 2.45) is 11.8 Å². The zero-order valence-corrected chi connectivity index (χ0v) is 11.3. The fourth-order valence-electron chi connectivity index (χ4n) is 2.05. The molecule has 94 valence electrons. The molecule has 0 spiro atoms. The third-order valence-electron chi connectivity index (χ3n) is 2.96. The van der Waals surface area contributed by atoms with Gasteiger partial charge in [-0.3, -0.25) is 10.2 Å². The lowest BCUT2D eigenvalue weighted by atomic mass is 10.1. The zero-order chi connectivity index (χ0) is 12.1. The van der Waals surface area contributed by atoms with Crippen molar-refractivity contribution in [2.45, 2.75) is 31.4 Å². The Bertz CT molecular complexity index is 375. The molecule has 1 heterocycles. The van der Waals surface area contributed by atoms with Crippen molar-refractivity contribution in [1.29, 1.82) is 0 Å². The summed E-state index contributed by atoms with van der Waals surface area (Å²) >= 11 is 3.27. The van der Waals surface area contributed by atoms with E-state index < -0.39 is 0 Å². The second-order valence-corrected chi connectivity index (χ2v) is 6.17. The van der Waals surface area contributed by atoms with Crippen molar-refractivity contribution in [1.82, 2.24) is 10.4 Å². The summed E-state index contributed by atoms with van der Waals surface area (Å²) in [7, 11) is 0. The van der Waals surface area contributed by atoms with Crippen LogP contribution in [-0.2, 0) is 5.75 Å². The molecule has 6 heteroatoms. The van der Waals surface area contributed by atoms with E-state index in [9.17, 15) is 4.79 Å². The van der Waals surface area contributed by atoms with E-state index in [2.05, 4.69) is 10.4 Å². The number of thiazole rings is 1. The van der Waals surface area contributed by atoms with Gasteiger partial charge in [0.05, 0.1) is 5.69 Å². The van der Waals surface area contributed by atoms with Gasteiger partial charge >= 0.3 is 0 Å². The first-order valence-corrected chi connectivity index (χ1v) is 7.86. The number of nitrogens with one attached hydrogen (secondary N) is 1. The van der Waals surface area contributed by atoms with Crippen LogP contribution in [0.1, 0.15) is 41.2 Å². The summed E-state index contributed by atoms with van der Waals surface area (Å²) in [6.07, 6.45) is 5.54. The van der Waals surface area contributed by atoms with Crippen molar-refractivity contribution in [2.75, 3.05) is 5.75 Å². The molecule has 0 atom stereocenters. The number of carbonyl (C=O) groups excluding carboxylic acids is 1. The number of hydrogen-bond donors (Lipinski definition) is 2. The van der Waals surface area contributed by atoms with E-state index in [1.165, 1.54) is 42.8 Å². The summed E-state index contributed by atoms with van der Waals surface area (Å²) in [6.45, 7) is 0. The third-order valence-corrected chi connectivity index (χ3v) is 5.05. The van der Waals surface area contributed by atoms with Crippen LogP contribution in [0.15, 0.2) is 5.38 Å². The molecule has 1 saturated carbocycles. The van der Waals surface area contributed by atoms with Crippen LogP contribution in [-0.4, -0.2) is 16.6 Å². The van der Waals surface area contributed by atoms with Gasteiger partial charge in [-0.25, -0.2) is 10.8 Å². The first-order chi connectivity index (χ1) is 8.29. The van der Waals surface area contributed by atoms with Crippen LogP contribution in [0.5, 0.6) is 0 Å². The molecular weight excluding hydrogens is 254 g/mol. The molecule has 0 saturated heterocycles. The van der Waals surface area contributed by atoms with Gasteiger partial charge in [0, 0.05) is 11.1 Å². The number of amides is 1. The fourth-order valence-corrected chi connectivity index (χ4v) is 4.01. The molecule has 0 unspecified atom stereocenters. The fraction of sp³-hybridized carbons (Fsp3) is 0.636. The number of thioether (sulfide) groups is 1. The molecule has 2 rings (SSSR count). The van der Waals surface area contributed by atoms with Crippen LogP contribution in [0.4, 0.5) is 0 Å². The summed E-state index contributed by atoms with van der Waals surface area (Å²) < 4.78 is 0. The van der Waals surface area contributed by atoms with Crippen molar-refractivity contribution in [3.05, 3.63) is 16.1 Å². The van der Waals surface area contributed by atoms with E-state index >= 15 is 0 Å². The first kappa shape index (κ1) is 12.9. The Morgan fingerprint density at radius 2 is 2.35 bits per heavy atom. The number of aromatic nitrogens is 1. The molecule has 17 heavy (non-hydrogen) atoms. The van der Waals surface area contributed by atoms with E-state index in [4.69, 9.17) is 5.84 Å². The van der Waals surface area contributed by atoms with Crippen LogP contribution in [0, 0.1) is 5.92 Å². The summed E-state index contributed by atoms with van der Waals surface area (Å²) in [4.78, 5) is 15.5. The average molecular weight is 271 g/mol. The van der Waals surface area contributed by atoms with Gasteiger partial charge in [-0.05, 0) is 24.5 Å². The molecule has 3 N–H and O–H groups in total. The van der Waals surface area contributed by atoms with Gasteiger partial charge < -0.3 is 0 Å². The largest absolute Gasteiger partial charge is 0.294 e. The molecule has 4 nitrogen and oxygen atoms in total. The van der Waals surface area contributed by atoms with E-state index in [1.807, 2.05) is 17.1 Å². The predicted molar refractivity (Wildman–Crippen MR) is 71.9 cm³/mol. The number of carbonyl (C=O) groups is 1. The Morgan fingerprint density at radius 1 is 1.59 bits per heavy atom. The Balaban J connectivity index is 1.74. The second kappa shape index (κ2) is 6.37. The molecule has 0 aliphatic heterocycles. The molecule has 1 amide bonds. The molecule has 0 bridgehead atoms. The van der Waals surface area contributed by atoms with E-state index in [-0.39, 0.29) is 5.91 Å². The molecule has 0 aromatic carbocycles. The minimum atomic E-state index is -0.304. The molecule has 1 fully saturated rings. The Labute approximate surface area is 109 Å². The normalized spacial score (nSPS) is 16.3. The van der Waals surface area contributed by atoms with Crippen LogP contribution < -0.4 is 11.3 Å². The molecule has 1 aromatic rings. The van der Waals surface area contributed by atoms with E-state index in [1.54, 1.807) is 0 Å². The smallest absolute Gasteiger partial charge is 0.288 e. The van der Waals surface area contributed by atoms with Crippen molar-refractivity contribution in [3.8, 4) is 0 Å². The quantitative estimate of drug-likeness (QED) is 0.489. The Kier molecular flexibility index (Phi) is 4.82. The summed E-state index contributed by atoms with van der Waals surface area (Å²) in [6, 6.07) is 0.